The second kappa shape index (κ2) is 9.91. The Morgan fingerprint density at radius 3 is 2.42 bits per heavy atom. The number of rotatable bonds is 6. The fraction of sp³-hybridized carbons (Fsp3) is 0.133. The van der Waals surface area contributed by atoms with Gasteiger partial charge in [-0.15, -0.1) is 0 Å². The van der Waals surface area contributed by atoms with E-state index in [9.17, 15) is 9.18 Å². The van der Waals surface area contributed by atoms with E-state index in [0.717, 1.165) is 33.8 Å². The van der Waals surface area contributed by atoms with Crippen molar-refractivity contribution in [2.45, 2.75) is 19.4 Å². The van der Waals surface area contributed by atoms with Crippen LogP contribution in [0.3, 0.4) is 0 Å². The van der Waals surface area contributed by atoms with Crippen LogP contribution in [0.2, 0.25) is 0 Å². The van der Waals surface area contributed by atoms with Crippen LogP contribution in [0.1, 0.15) is 38.5 Å². The third kappa shape index (κ3) is 4.36. The average Bonchev–Trinajstić information content (AvgIpc) is 3.21. The molecule has 0 radical (unpaired) electrons. The van der Waals surface area contributed by atoms with Crippen molar-refractivity contribution in [3.63, 3.8) is 0 Å². The zero-order chi connectivity index (χ0) is 25.2. The number of aryl methyl sites for hydroxylation is 1. The number of hydrogen-bond donors (Lipinski definition) is 0. The van der Waals surface area contributed by atoms with Crippen LogP contribution in [0.4, 0.5) is 15.8 Å². The average molecular weight is 498 g/mol. The van der Waals surface area contributed by atoms with E-state index in [1.807, 2.05) is 65.6 Å². The number of fused-ring (bicyclic) bond motifs is 1. The highest BCUT2D eigenvalue weighted by atomic mass is 32.1. The molecule has 0 N–H and O–H groups in total. The van der Waals surface area contributed by atoms with Crippen LogP contribution in [-0.2, 0) is 11.3 Å². The fourth-order valence-electron chi connectivity index (χ4n) is 4.52. The molecule has 0 amide bonds. The van der Waals surface area contributed by atoms with E-state index in [1.54, 1.807) is 31.2 Å². The van der Waals surface area contributed by atoms with E-state index in [0.29, 0.717) is 22.7 Å². The maximum absolute atomic E-state index is 14.1. The van der Waals surface area contributed by atoms with Crippen molar-refractivity contribution < 1.29 is 18.7 Å². The van der Waals surface area contributed by atoms with Crippen LogP contribution < -0.4 is 9.64 Å². The highest BCUT2D eigenvalue weighted by Crippen LogP contribution is 2.50. The Kier molecular flexibility index (Phi) is 6.53. The molecule has 1 unspecified atom stereocenters. The van der Waals surface area contributed by atoms with Gasteiger partial charge in [0.2, 0.25) is 0 Å². The number of benzene rings is 4. The van der Waals surface area contributed by atoms with Crippen molar-refractivity contribution in [1.82, 2.24) is 0 Å². The highest BCUT2D eigenvalue weighted by Gasteiger charge is 2.38. The van der Waals surface area contributed by atoms with E-state index >= 15 is 0 Å². The first-order valence-corrected chi connectivity index (χ1v) is 12.0. The third-order valence-corrected chi connectivity index (χ3v) is 6.76. The summed E-state index contributed by atoms with van der Waals surface area (Å²) >= 11 is 6.04. The lowest BCUT2D eigenvalue weighted by Crippen LogP contribution is -2.22. The lowest BCUT2D eigenvalue weighted by Gasteiger charge is -2.21. The van der Waals surface area contributed by atoms with Gasteiger partial charge in [0, 0.05) is 11.3 Å². The maximum atomic E-state index is 14.1. The minimum Gasteiger partial charge on any atom is -0.489 e. The highest BCUT2D eigenvalue weighted by molar-refractivity contribution is 7.80. The number of methoxy groups -OCH3 is 1. The topological polar surface area (TPSA) is 38.8 Å². The van der Waals surface area contributed by atoms with Gasteiger partial charge in [0.15, 0.2) is 0 Å². The minimum atomic E-state index is -0.397. The fourth-order valence-corrected chi connectivity index (χ4v) is 4.98. The van der Waals surface area contributed by atoms with Crippen LogP contribution in [-0.4, -0.2) is 18.1 Å². The molecule has 0 saturated heterocycles. The Labute approximate surface area is 214 Å². The quantitative estimate of drug-likeness (QED) is 0.210. The Morgan fingerprint density at radius 1 is 0.972 bits per heavy atom. The summed E-state index contributed by atoms with van der Waals surface area (Å²) in [6, 6.07) is 28.1. The first kappa shape index (κ1) is 23.7. The molecule has 4 nitrogen and oxygen atoms in total. The third-order valence-electron chi connectivity index (χ3n) is 6.34. The van der Waals surface area contributed by atoms with Crippen molar-refractivity contribution in [1.29, 1.82) is 0 Å². The van der Waals surface area contributed by atoms with Crippen LogP contribution in [0.15, 0.2) is 91.0 Å². The van der Waals surface area contributed by atoms with E-state index in [4.69, 9.17) is 21.7 Å². The summed E-state index contributed by atoms with van der Waals surface area (Å²) in [5, 5.41) is 0. The molecule has 36 heavy (non-hydrogen) atoms. The largest absolute Gasteiger partial charge is 0.489 e. The summed E-state index contributed by atoms with van der Waals surface area (Å²) in [4.78, 5) is 14.6. The number of nitrogens with zero attached hydrogens (tertiary/aromatic N) is 1. The van der Waals surface area contributed by atoms with Crippen molar-refractivity contribution in [3.05, 3.63) is 125 Å². The SMILES string of the molecule is COC(=O)c1ccc(C2C(=S)N(c3ccc(F)c(C)c3)c3cccc(OCc4ccccc4)c32)cc1. The van der Waals surface area contributed by atoms with Gasteiger partial charge in [-0.2, -0.15) is 0 Å². The number of halogens is 1. The summed E-state index contributed by atoms with van der Waals surface area (Å²) in [5.41, 5.74) is 5.59. The zero-order valence-electron chi connectivity index (χ0n) is 19.9. The standard InChI is InChI=1S/C30H24FNO3S/c1-19-17-23(15-16-24(19)31)32-25-9-6-10-26(35-18-20-7-4-3-5-8-20)28(25)27(29(32)36)21-11-13-22(14-12-21)30(33)34-2/h3-17,27H,18H2,1-2H3. The van der Waals surface area contributed by atoms with Gasteiger partial charge in [0.05, 0.1) is 29.3 Å². The van der Waals surface area contributed by atoms with E-state index in [2.05, 4.69) is 0 Å². The molecular weight excluding hydrogens is 473 g/mol. The van der Waals surface area contributed by atoms with Gasteiger partial charge in [-0.3, -0.25) is 0 Å². The summed E-state index contributed by atoms with van der Waals surface area (Å²) in [5.74, 6) is -0.230. The predicted molar refractivity (Wildman–Crippen MR) is 143 cm³/mol. The molecule has 0 fully saturated rings. The van der Waals surface area contributed by atoms with E-state index in [-0.39, 0.29) is 11.7 Å². The molecule has 0 aromatic heterocycles. The van der Waals surface area contributed by atoms with Gasteiger partial charge in [0.1, 0.15) is 18.2 Å². The summed E-state index contributed by atoms with van der Waals surface area (Å²) < 4.78 is 25.2. The summed E-state index contributed by atoms with van der Waals surface area (Å²) in [6.07, 6.45) is 0. The molecular formula is C30H24FNO3S. The van der Waals surface area contributed by atoms with Crippen molar-refractivity contribution >= 4 is 34.6 Å². The number of thiocarbonyl (C=S) groups is 1. The molecule has 4 aromatic rings. The first-order chi connectivity index (χ1) is 17.5. The van der Waals surface area contributed by atoms with Crippen molar-refractivity contribution in [3.8, 4) is 5.75 Å². The van der Waals surface area contributed by atoms with Gasteiger partial charge >= 0.3 is 5.97 Å². The second-order valence-corrected chi connectivity index (χ2v) is 9.04. The molecule has 1 aliphatic rings. The molecule has 5 rings (SSSR count). The van der Waals surface area contributed by atoms with Gasteiger partial charge in [-0.25, -0.2) is 9.18 Å². The molecule has 0 aliphatic carbocycles. The van der Waals surface area contributed by atoms with Gasteiger partial charge in [-0.05, 0) is 66.1 Å². The molecule has 4 aromatic carbocycles. The number of carbonyl (C=O) groups excluding carboxylic acids is 1. The van der Waals surface area contributed by atoms with Gasteiger partial charge < -0.3 is 14.4 Å². The molecule has 0 bridgehead atoms. The number of hydrogen-bond acceptors (Lipinski definition) is 4. The molecule has 1 aliphatic heterocycles. The maximum Gasteiger partial charge on any atom is 0.337 e. The van der Waals surface area contributed by atoms with E-state index in [1.165, 1.54) is 13.2 Å². The second-order valence-electron chi connectivity index (χ2n) is 8.62. The van der Waals surface area contributed by atoms with Crippen LogP contribution in [0, 0.1) is 12.7 Å². The monoisotopic (exact) mass is 497 g/mol. The van der Waals surface area contributed by atoms with Crippen LogP contribution in [0.5, 0.6) is 5.75 Å². The number of ether oxygens (including phenoxy) is 2. The van der Waals surface area contributed by atoms with E-state index < -0.39 is 5.97 Å². The predicted octanol–water partition coefficient (Wildman–Crippen LogP) is 7.11. The van der Waals surface area contributed by atoms with Gasteiger partial charge in [0.25, 0.3) is 0 Å². The molecule has 0 spiro atoms. The molecule has 0 saturated carbocycles. The molecule has 6 heteroatoms. The lowest BCUT2D eigenvalue weighted by atomic mass is 9.91. The van der Waals surface area contributed by atoms with Crippen LogP contribution in [0.25, 0.3) is 0 Å². The summed E-state index contributed by atoms with van der Waals surface area (Å²) in [6.45, 7) is 2.15. The minimum absolute atomic E-state index is 0.265. The number of carbonyl (C=O) groups is 1. The normalized spacial score (nSPS) is 14.5. The van der Waals surface area contributed by atoms with Gasteiger partial charge in [-0.1, -0.05) is 60.7 Å². The van der Waals surface area contributed by atoms with Crippen LogP contribution >= 0.6 is 12.2 Å². The first-order valence-electron chi connectivity index (χ1n) is 11.6. The zero-order valence-corrected chi connectivity index (χ0v) is 20.7. The van der Waals surface area contributed by atoms with Crippen molar-refractivity contribution in [2.75, 3.05) is 12.0 Å². The summed E-state index contributed by atoms with van der Waals surface area (Å²) in [7, 11) is 1.36. The molecule has 180 valence electrons. The Morgan fingerprint density at radius 2 is 1.72 bits per heavy atom. The number of anilines is 2. The molecule has 1 atom stereocenters. The lowest BCUT2D eigenvalue weighted by molar-refractivity contribution is 0.0600. The Balaban J connectivity index is 1.60. The molecule has 1 heterocycles. The Hall–Kier alpha value is -4.03. The Bertz CT molecular complexity index is 1440. The van der Waals surface area contributed by atoms with Crippen molar-refractivity contribution in [2.24, 2.45) is 0 Å². The smallest absolute Gasteiger partial charge is 0.337 e. The number of esters is 1.